The van der Waals surface area contributed by atoms with Crippen LogP contribution in [0.4, 0.5) is 5.69 Å². The number of nitrogens with zero attached hydrogens (tertiary/aromatic N) is 2. The predicted molar refractivity (Wildman–Crippen MR) is 86.0 cm³/mol. The van der Waals surface area contributed by atoms with Crippen LogP contribution in [0, 0.1) is 0 Å². The fraction of sp³-hybridized carbons (Fsp3) is 0.688. The molecule has 1 rings (SSSR count). The minimum absolute atomic E-state index is 0.0304. The van der Waals surface area contributed by atoms with Crippen molar-refractivity contribution in [3.05, 3.63) is 28.7 Å². The van der Waals surface area contributed by atoms with Gasteiger partial charge in [-0.15, -0.1) is 0 Å². The SMILES string of the molecule is CCCCN(CCCn1cc(N)ccc1=O)C(C)CC. The van der Waals surface area contributed by atoms with Crippen LogP contribution in [0.25, 0.3) is 0 Å². The van der Waals surface area contributed by atoms with Crippen molar-refractivity contribution < 1.29 is 0 Å². The predicted octanol–water partition coefficient (Wildman–Crippen LogP) is 2.72. The maximum atomic E-state index is 11.7. The van der Waals surface area contributed by atoms with Crippen LogP contribution < -0.4 is 11.3 Å². The molecule has 2 N–H and O–H groups in total. The number of rotatable bonds is 9. The van der Waals surface area contributed by atoms with E-state index in [-0.39, 0.29) is 5.56 Å². The Balaban J connectivity index is 2.50. The second kappa shape index (κ2) is 8.80. The molecule has 1 heterocycles. The van der Waals surface area contributed by atoms with Gasteiger partial charge in [-0.3, -0.25) is 4.79 Å². The number of hydrogen-bond donors (Lipinski definition) is 1. The Labute approximate surface area is 122 Å². The summed E-state index contributed by atoms with van der Waals surface area (Å²) in [5.41, 5.74) is 6.40. The highest BCUT2D eigenvalue weighted by atomic mass is 16.1. The van der Waals surface area contributed by atoms with Gasteiger partial charge in [0, 0.05) is 37.1 Å². The third kappa shape index (κ3) is 5.37. The molecule has 0 bridgehead atoms. The topological polar surface area (TPSA) is 51.3 Å². The normalized spacial score (nSPS) is 12.8. The number of pyridine rings is 1. The number of anilines is 1. The van der Waals surface area contributed by atoms with Crippen molar-refractivity contribution in [3.8, 4) is 0 Å². The summed E-state index contributed by atoms with van der Waals surface area (Å²) in [6.07, 6.45) is 6.35. The lowest BCUT2D eigenvalue weighted by Gasteiger charge is -2.28. The standard InChI is InChI=1S/C16H29N3O/c1-4-6-10-18(14(3)5-2)11-7-12-19-13-15(17)8-9-16(19)20/h8-9,13-14H,4-7,10-12,17H2,1-3H3. The summed E-state index contributed by atoms with van der Waals surface area (Å²) < 4.78 is 1.71. The van der Waals surface area contributed by atoms with E-state index in [1.54, 1.807) is 22.9 Å². The highest BCUT2D eigenvalue weighted by molar-refractivity contribution is 5.33. The summed E-state index contributed by atoms with van der Waals surface area (Å²) in [5, 5.41) is 0. The molecular formula is C16H29N3O. The van der Waals surface area contributed by atoms with Gasteiger partial charge in [0.2, 0.25) is 0 Å². The first kappa shape index (κ1) is 16.8. The van der Waals surface area contributed by atoms with Crippen LogP contribution in [0.2, 0.25) is 0 Å². The molecule has 0 amide bonds. The Morgan fingerprint density at radius 3 is 2.60 bits per heavy atom. The van der Waals surface area contributed by atoms with Gasteiger partial charge in [-0.1, -0.05) is 20.3 Å². The first-order valence-electron chi connectivity index (χ1n) is 7.78. The third-order valence-corrected chi connectivity index (χ3v) is 3.86. The summed E-state index contributed by atoms with van der Waals surface area (Å²) in [4.78, 5) is 14.2. The number of aryl methyl sites for hydroxylation is 1. The van der Waals surface area contributed by atoms with Crippen molar-refractivity contribution in [2.24, 2.45) is 0 Å². The van der Waals surface area contributed by atoms with Crippen LogP contribution >= 0.6 is 0 Å². The Morgan fingerprint density at radius 2 is 1.95 bits per heavy atom. The van der Waals surface area contributed by atoms with Gasteiger partial charge in [0.05, 0.1) is 0 Å². The smallest absolute Gasteiger partial charge is 0.250 e. The van der Waals surface area contributed by atoms with Gasteiger partial charge >= 0.3 is 0 Å². The fourth-order valence-corrected chi connectivity index (χ4v) is 2.34. The zero-order chi connectivity index (χ0) is 15.0. The maximum Gasteiger partial charge on any atom is 0.250 e. The second-order valence-electron chi connectivity index (χ2n) is 5.49. The zero-order valence-electron chi connectivity index (χ0n) is 13.1. The molecule has 1 aromatic heterocycles. The quantitative estimate of drug-likeness (QED) is 0.756. The molecule has 0 aliphatic heterocycles. The number of nitrogen functional groups attached to an aromatic ring is 1. The first-order valence-corrected chi connectivity index (χ1v) is 7.78. The monoisotopic (exact) mass is 279 g/mol. The molecule has 1 aromatic rings. The van der Waals surface area contributed by atoms with E-state index in [9.17, 15) is 4.79 Å². The van der Waals surface area contributed by atoms with Gasteiger partial charge in [0.15, 0.2) is 0 Å². The van der Waals surface area contributed by atoms with Gasteiger partial charge in [0.1, 0.15) is 0 Å². The Kier molecular flexibility index (Phi) is 7.37. The van der Waals surface area contributed by atoms with E-state index in [1.807, 2.05) is 0 Å². The Hall–Kier alpha value is -1.29. The van der Waals surface area contributed by atoms with E-state index < -0.39 is 0 Å². The number of unbranched alkanes of at least 4 members (excludes halogenated alkanes) is 1. The minimum Gasteiger partial charge on any atom is -0.398 e. The molecule has 0 radical (unpaired) electrons. The van der Waals surface area contributed by atoms with Gasteiger partial charge in [-0.05, 0) is 38.8 Å². The van der Waals surface area contributed by atoms with E-state index in [1.165, 1.54) is 19.3 Å². The van der Waals surface area contributed by atoms with E-state index in [2.05, 4.69) is 25.7 Å². The van der Waals surface area contributed by atoms with Crippen LogP contribution in [0.3, 0.4) is 0 Å². The lowest BCUT2D eigenvalue weighted by atomic mass is 10.2. The highest BCUT2D eigenvalue weighted by Gasteiger charge is 2.11. The molecule has 0 fully saturated rings. The molecule has 4 heteroatoms. The van der Waals surface area contributed by atoms with Crippen molar-refractivity contribution in [2.45, 2.75) is 59.0 Å². The van der Waals surface area contributed by atoms with Crippen molar-refractivity contribution in [1.29, 1.82) is 0 Å². The summed E-state index contributed by atoms with van der Waals surface area (Å²) >= 11 is 0. The van der Waals surface area contributed by atoms with E-state index >= 15 is 0 Å². The molecule has 0 spiro atoms. The molecule has 0 saturated heterocycles. The van der Waals surface area contributed by atoms with E-state index in [0.717, 1.165) is 26.1 Å². The highest BCUT2D eigenvalue weighted by Crippen LogP contribution is 2.07. The molecule has 0 aliphatic carbocycles. The lowest BCUT2D eigenvalue weighted by Crippen LogP contribution is -2.35. The van der Waals surface area contributed by atoms with E-state index in [0.29, 0.717) is 11.7 Å². The van der Waals surface area contributed by atoms with Crippen LogP contribution in [0.5, 0.6) is 0 Å². The van der Waals surface area contributed by atoms with Gasteiger partial charge < -0.3 is 15.2 Å². The van der Waals surface area contributed by atoms with Gasteiger partial charge in [0.25, 0.3) is 5.56 Å². The number of nitrogens with two attached hydrogens (primary N) is 1. The average Bonchev–Trinajstić information content (AvgIpc) is 2.45. The molecule has 0 aliphatic rings. The van der Waals surface area contributed by atoms with Crippen molar-refractivity contribution in [1.82, 2.24) is 9.47 Å². The summed E-state index contributed by atoms with van der Waals surface area (Å²) in [6.45, 7) is 9.66. The molecular weight excluding hydrogens is 250 g/mol. The number of aromatic nitrogens is 1. The molecule has 4 nitrogen and oxygen atoms in total. The zero-order valence-corrected chi connectivity index (χ0v) is 13.1. The maximum absolute atomic E-state index is 11.7. The summed E-state index contributed by atoms with van der Waals surface area (Å²) in [6, 6.07) is 3.81. The summed E-state index contributed by atoms with van der Waals surface area (Å²) in [5.74, 6) is 0. The lowest BCUT2D eigenvalue weighted by molar-refractivity contribution is 0.195. The molecule has 114 valence electrons. The fourth-order valence-electron chi connectivity index (χ4n) is 2.34. The van der Waals surface area contributed by atoms with Gasteiger partial charge in [-0.25, -0.2) is 0 Å². The number of hydrogen-bond acceptors (Lipinski definition) is 3. The van der Waals surface area contributed by atoms with Crippen LogP contribution in [-0.2, 0) is 6.54 Å². The molecule has 1 atom stereocenters. The van der Waals surface area contributed by atoms with Gasteiger partial charge in [-0.2, -0.15) is 0 Å². The van der Waals surface area contributed by atoms with E-state index in [4.69, 9.17) is 5.73 Å². The largest absolute Gasteiger partial charge is 0.398 e. The van der Waals surface area contributed by atoms with Crippen molar-refractivity contribution in [2.75, 3.05) is 18.8 Å². The second-order valence-corrected chi connectivity index (χ2v) is 5.49. The van der Waals surface area contributed by atoms with Crippen LogP contribution in [-0.4, -0.2) is 28.6 Å². The first-order chi connectivity index (χ1) is 9.58. The molecule has 0 aromatic carbocycles. The molecule has 1 unspecified atom stereocenters. The Morgan fingerprint density at radius 1 is 1.25 bits per heavy atom. The summed E-state index contributed by atoms with van der Waals surface area (Å²) in [7, 11) is 0. The molecule has 0 saturated carbocycles. The van der Waals surface area contributed by atoms with Crippen molar-refractivity contribution >= 4 is 5.69 Å². The van der Waals surface area contributed by atoms with Crippen LogP contribution in [0.1, 0.15) is 46.5 Å². The Bertz CT molecular complexity index is 442. The van der Waals surface area contributed by atoms with Crippen LogP contribution in [0.15, 0.2) is 23.1 Å². The third-order valence-electron chi connectivity index (χ3n) is 3.86. The van der Waals surface area contributed by atoms with Crippen molar-refractivity contribution in [3.63, 3.8) is 0 Å². The minimum atomic E-state index is 0.0304. The average molecular weight is 279 g/mol. The molecule has 20 heavy (non-hydrogen) atoms.